The van der Waals surface area contributed by atoms with Crippen molar-refractivity contribution in [3.8, 4) is 0 Å². The van der Waals surface area contributed by atoms with Gasteiger partial charge in [0.1, 0.15) is 0 Å². The summed E-state index contributed by atoms with van der Waals surface area (Å²) >= 11 is 0. The Balaban J connectivity index is 1.77. The van der Waals surface area contributed by atoms with Crippen LogP contribution in [0.25, 0.3) is 0 Å². The molecule has 3 atom stereocenters. The Bertz CT molecular complexity index is 495. The van der Waals surface area contributed by atoms with Gasteiger partial charge < -0.3 is 15.0 Å². The Labute approximate surface area is 119 Å². The van der Waals surface area contributed by atoms with Crippen molar-refractivity contribution >= 4 is 11.9 Å². The molecule has 110 valence electrons. The zero-order valence-electron chi connectivity index (χ0n) is 12.0. The van der Waals surface area contributed by atoms with Crippen molar-refractivity contribution in [3.63, 3.8) is 0 Å². The third-order valence-electron chi connectivity index (χ3n) is 4.20. The zero-order valence-corrected chi connectivity index (χ0v) is 12.0. The van der Waals surface area contributed by atoms with Gasteiger partial charge in [-0.15, -0.1) is 0 Å². The van der Waals surface area contributed by atoms with E-state index in [1.165, 1.54) is 5.69 Å². The summed E-state index contributed by atoms with van der Waals surface area (Å²) in [4.78, 5) is 22.9. The van der Waals surface area contributed by atoms with Gasteiger partial charge in [0.05, 0.1) is 11.8 Å². The van der Waals surface area contributed by atoms with Crippen molar-refractivity contribution in [2.45, 2.75) is 38.6 Å². The lowest BCUT2D eigenvalue weighted by Gasteiger charge is -2.32. The summed E-state index contributed by atoms with van der Waals surface area (Å²) in [6.07, 6.45) is 5.06. The molecule has 1 fully saturated rings. The number of amides is 1. The van der Waals surface area contributed by atoms with Gasteiger partial charge >= 0.3 is 5.97 Å². The molecule has 1 aliphatic rings. The van der Waals surface area contributed by atoms with Crippen LogP contribution in [0.2, 0.25) is 0 Å². The molecule has 0 radical (unpaired) electrons. The van der Waals surface area contributed by atoms with Crippen molar-refractivity contribution < 1.29 is 14.7 Å². The van der Waals surface area contributed by atoms with Gasteiger partial charge in [-0.25, -0.2) is 0 Å². The second-order valence-electron chi connectivity index (χ2n) is 5.69. The number of carbonyl (C=O) groups excluding carboxylic acids is 1. The van der Waals surface area contributed by atoms with Crippen LogP contribution < -0.4 is 5.32 Å². The van der Waals surface area contributed by atoms with E-state index >= 15 is 0 Å². The molecule has 0 spiro atoms. The molecule has 0 bridgehead atoms. The van der Waals surface area contributed by atoms with Crippen molar-refractivity contribution in [1.82, 2.24) is 9.88 Å². The molecule has 1 aromatic heterocycles. The largest absolute Gasteiger partial charge is 0.481 e. The minimum Gasteiger partial charge on any atom is -0.481 e. The zero-order chi connectivity index (χ0) is 14.7. The summed E-state index contributed by atoms with van der Waals surface area (Å²) in [6.45, 7) is 1.97. The number of nitrogens with zero attached hydrogens (tertiary/aromatic N) is 1. The molecular weight excluding hydrogens is 256 g/mol. The lowest BCUT2D eigenvalue weighted by atomic mass is 9.73. The maximum atomic E-state index is 12.0. The van der Waals surface area contributed by atoms with Crippen LogP contribution in [-0.2, 0) is 23.1 Å². The highest BCUT2D eigenvalue weighted by Crippen LogP contribution is 2.34. The van der Waals surface area contributed by atoms with Gasteiger partial charge in [-0.1, -0.05) is 0 Å². The van der Waals surface area contributed by atoms with Crippen molar-refractivity contribution in [1.29, 1.82) is 0 Å². The molecule has 1 amide bonds. The number of nitrogens with one attached hydrogen (secondary N) is 1. The first-order valence-electron chi connectivity index (χ1n) is 7.12. The summed E-state index contributed by atoms with van der Waals surface area (Å²) in [5, 5.41) is 11.9. The van der Waals surface area contributed by atoms with E-state index in [-0.39, 0.29) is 17.9 Å². The number of aromatic nitrogens is 1. The molecular formula is C15H22N2O3. The standard InChI is InChI=1S/C15H22N2O3/c1-10(5-6-11-4-3-9-17(11)2)16-14(18)12-7-8-13(12)15(19)20/h3-4,9-10,12-13H,5-8H2,1-2H3,(H,16,18)(H,19,20). The summed E-state index contributed by atoms with van der Waals surface area (Å²) in [6, 6.07) is 4.14. The maximum Gasteiger partial charge on any atom is 0.307 e. The van der Waals surface area contributed by atoms with E-state index in [1.807, 2.05) is 26.2 Å². The Hall–Kier alpha value is -1.78. The maximum absolute atomic E-state index is 12.0. The summed E-state index contributed by atoms with van der Waals surface area (Å²) < 4.78 is 2.07. The minimum atomic E-state index is -0.854. The highest BCUT2D eigenvalue weighted by Gasteiger charge is 2.41. The predicted octanol–water partition coefficient (Wildman–Crippen LogP) is 1.57. The van der Waals surface area contributed by atoms with Gasteiger partial charge in [0.15, 0.2) is 0 Å². The molecule has 1 aromatic rings. The molecule has 0 aromatic carbocycles. The van der Waals surface area contributed by atoms with Gasteiger partial charge in [0.25, 0.3) is 0 Å². The average molecular weight is 278 g/mol. The van der Waals surface area contributed by atoms with Crippen LogP contribution >= 0.6 is 0 Å². The fourth-order valence-electron chi connectivity index (χ4n) is 2.65. The predicted molar refractivity (Wildman–Crippen MR) is 75.2 cm³/mol. The van der Waals surface area contributed by atoms with Crippen molar-refractivity contribution in [2.75, 3.05) is 0 Å². The van der Waals surface area contributed by atoms with Crippen LogP contribution in [0.3, 0.4) is 0 Å². The second-order valence-corrected chi connectivity index (χ2v) is 5.69. The highest BCUT2D eigenvalue weighted by atomic mass is 16.4. The van der Waals surface area contributed by atoms with E-state index in [2.05, 4.69) is 16.0 Å². The minimum absolute atomic E-state index is 0.0624. The smallest absolute Gasteiger partial charge is 0.307 e. The van der Waals surface area contributed by atoms with E-state index in [9.17, 15) is 9.59 Å². The number of aryl methyl sites for hydroxylation is 2. The fraction of sp³-hybridized carbons (Fsp3) is 0.600. The number of aliphatic carboxylic acids is 1. The lowest BCUT2D eigenvalue weighted by Crippen LogP contribution is -2.46. The molecule has 0 aliphatic heterocycles. The van der Waals surface area contributed by atoms with Gasteiger partial charge in [0, 0.05) is 25.0 Å². The number of carboxylic acid groups (broad SMARTS) is 1. The van der Waals surface area contributed by atoms with E-state index in [0.29, 0.717) is 12.8 Å². The molecule has 2 rings (SSSR count). The highest BCUT2D eigenvalue weighted by molar-refractivity contribution is 5.86. The lowest BCUT2D eigenvalue weighted by molar-refractivity contribution is -0.152. The molecule has 5 nitrogen and oxygen atoms in total. The number of hydrogen-bond acceptors (Lipinski definition) is 2. The van der Waals surface area contributed by atoms with Crippen LogP contribution in [0, 0.1) is 11.8 Å². The first kappa shape index (κ1) is 14.6. The molecule has 1 aliphatic carbocycles. The fourth-order valence-corrected chi connectivity index (χ4v) is 2.65. The molecule has 0 saturated heterocycles. The van der Waals surface area contributed by atoms with Gasteiger partial charge in [-0.3, -0.25) is 9.59 Å². The van der Waals surface area contributed by atoms with Crippen LogP contribution in [0.4, 0.5) is 0 Å². The number of hydrogen-bond donors (Lipinski definition) is 2. The summed E-state index contributed by atoms with van der Waals surface area (Å²) in [7, 11) is 2.00. The van der Waals surface area contributed by atoms with Crippen LogP contribution in [-0.4, -0.2) is 27.6 Å². The Morgan fingerprint density at radius 3 is 2.65 bits per heavy atom. The number of carboxylic acids is 1. The molecule has 5 heteroatoms. The average Bonchev–Trinajstić information content (AvgIpc) is 2.69. The van der Waals surface area contributed by atoms with Crippen LogP contribution in [0.5, 0.6) is 0 Å². The molecule has 20 heavy (non-hydrogen) atoms. The Kier molecular flexibility index (Phi) is 4.47. The molecule has 3 unspecified atom stereocenters. The quantitative estimate of drug-likeness (QED) is 0.829. The third-order valence-corrected chi connectivity index (χ3v) is 4.20. The normalized spacial score (nSPS) is 22.9. The summed E-state index contributed by atoms with van der Waals surface area (Å²) in [5.41, 5.74) is 1.23. The SMILES string of the molecule is CC(CCc1cccn1C)NC(=O)C1CCC1C(=O)O. The summed E-state index contributed by atoms with van der Waals surface area (Å²) in [5.74, 6) is -1.80. The van der Waals surface area contributed by atoms with Gasteiger partial charge in [0.2, 0.25) is 5.91 Å². The van der Waals surface area contributed by atoms with E-state index in [1.54, 1.807) is 0 Å². The first-order chi connectivity index (χ1) is 9.49. The Morgan fingerprint density at radius 2 is 2.15 bits per heavy atom. The number of rotatable bonds is 6. The van der Waals surface area contributed by atoms with E-state index < -0.39 is 11.9 Å². The number of carbonyl (C=O) groups is 2. The molecule has 2 N–H and O–H groups in total. The van der Waals surface area contributed by atoms with Gasteiger partial charge in [-0.2, -0.15) is 0 Å². The molecule has 1 heterocycles. The van der Waals surface area contributed by atoms with Crippen molar-refractivity contribution in [3.05, 3.63) is 24.0 Å². The van der Waals surface area contributed by atoms with E-state index in [0.717, 1.165) is 12.8 Å². The third kappa shape index (κ3) is 3.21. The Morgan fingerprint density at radius 1 is 1.45 bits per heavy atom. The van der Waals surface area contributed by atoms with Crippen LogP contribution in [0.15, 0.2) is 18.3 Å². The van der Waals surface area contributed by atoms with Crippen LogP contribution in [0.1, 0.15) is 31.9 Å². The van der Waals surface area contributed by atoms with Gasteiger partial charge in [-0.05, 0) is 44.7 Å². The van der Waals surface area contributed by atoms with Crippen molar-refractivity contribution in [2.24, 2.45) is 18.9 Å². The second kappa shape index (κ2) is 6.11. The topological polar surface area (TPSA) is 71.3 Å². The molecule has 1 saturated carbocycles. The monoisotopic (exact) mass is 278 g/mol. The first-order valence-corrected chi connectivity index (χ1v) is 7.12. The van der Waals surface area contributed by atoms with E-state index in [4.69, 9.17) is 5.11 Å².